The van der Waals surface area contributed by atoms with Crippen LogP contribution in [-0.2, 0) is 4.79 Å². The Kier molecular flexibility index (Phi) is 8.65. The summed E-state index contributed by atoms with van der Waals surface area (Å²) < 4.78 is 0. The number of allylic oxidation sites excluding steroid dienone is 1. The Bertz CT molecular complexity index is 1250. The van der Waals surface area contributed by atoms with Crippen molar-refractivity contribution in [2.75, 3.05) is 18.4 Å². The lowest BCUT2D eigenvalue weighted by Gasteiger charge is -2.58. The van der Waals surface area contributed by atoms with Gasteiger partial charge in [0.25, 0.3) is 11.4 Å². The first-order valence-corrected chi connectivity index (χ1v) is 15.7. The average Bonchev–Trinajstić information content (AvgIpc) is 3.31. The maximum absolute atomic E-state index is 12.7. The van der Waals surface area contributed by atoms with Gasteiger partial charge in [0.2, 0.25) is 5.91 Å². The molecule has 4 aliphatic rings. The van der Waals surface area contributed by atoms with Gasteiger partial charge in [-0.05, 0) is 104 Å². The number of aliphatic hydroxyl groups excluding tert-OH is 1. The largest absolute Gasteiger partial charge is 0.393 e. The fourth-order valence-electron chi connectivity index (χ4n) is 9.60. The number of nitro groups is 2. The summed E-state index contributed by atoms with van der Waals surface area (Å²) in [6.45, 7) is 7.89. The fraction of sp³-hybridized carbons (Fsp3) is 0.719. The highest BCUT2D eigenvalue weighted by atomic mass is 16.6. The molecule has 230 valence electrons. The van der Waals surface area contributed by atoms with Gasteiger partial charge in [0, 0.05) is 25.6 Å². The third-order valence-corrected chi connectivity index (χ3v) is 11.8. The molecule has 1 amide bonds. The summed E-state index contributed by atoms with van der Waals surface area (Å²) in [7, 11) is 0. The number of rotatable bonds is 10. The van der Waals surface area contributed by atoms with Crippen LogP contribution in [0, 0.1) is 60.6 Å². The third kappa shape index (κ3) is 5.66. The van der Waals surface area contributed by atoms with Gasteiger partial charge in [-0.3, -0.25) is 25.0 Å². The van der Waals surface area contributed by atoms with Crippen molar-refractivity contribution < 1.29 is 19.7 Å². The van der Waals surface area contributed by atoms with Gasteiger partial charge in [-0.15, -0.1) is 0 Å². The molecule has 1 aromatic rings. The second-order valence-electron chi connectivity index (χ2n) is 13.9. The maximum atomic E-state index is 12.7. The van der Waals surface area contributed by atoms with Crippen LogP contribution in [0.4, 0.5) is 17.1 Å². The zero-order valence-electron chi connectivity index (χ0n) is 25.1. The minimum atomic E-state index is -0.665. The topological polar surface area (TPSA) is 148 Å². The number of amides is 1. The molecule has 3 N–H and O–H groups in total. The number of nitro benzene ring substituents is 2. The van der Waals surface area contributed by atoms with Crippen molar-refractivity contribution in [3.05, 3.63) is 50.1 Å². The number of carbonyl (C=O) groups is 1. The van der Waals surface area contributed by atoms with Gasteiger partial charge in [0.05, 0.1) is 22.0 Å². The van der Waals surface area contributed by atoms with E-state index in [0.717, 1.165) is 55.9 Å². The van der Waals surface area contributed by atoms with E-state index < -0.39 is 9.85 Å². The van der Waals surface area contributed by atoms with E-state index in [4.69, 9.17) is 0 Å². The van der Waals surface area contributed by atoms with E-state index in [1.165, 1.54) is 43.4 Å². The van der Waals surface area contributed by atoms with E-state index in [2.05, 4.69) is 37.5 Å². The van der Waals surface area contributed by atoms with Crippen LogP contribution in [0.2, 0.25) is 0 Å². The number of benzene rings is 1. The molecule has 10 heteroatoms. The molecule has 5 rings (SSSR count). The van der Waals surface area contributed by atoms with E-state index >= 15 is 0 Å². The van der Waals surface area contributed by atoms with Crippen LogP contribution in [0.25, 0.3) is 0 Å². The molecule has 3 fully saturated rings. The number of aliphatic hydroxyl groups is 1. The Morgan fingerprint density at radius 3 is 2.60 bits per heavy atom. The van der Waals surface area contributed by atoms with Crippen LogP contribution in [0.3, 0.4) is 0 Å². The molecule has 0 radical (unpaired) electrons. The second-order valence-corrected chi connectivity index (χ2v) is 13.9. The van der Waals surface area contributed by atoms with Gasteiger partial charge in [-0.2, -0.15) is 0 Å². The highest BCUT2D eigenvalue weighted by molar-refractivity contribution is 5.76. The number of anilines is 1. The molecular weight excluding hydrogens is 536 g/mol. The summed E-state index contributed by atoms with van der Waals surface area (Å²) in [6, 6.07) is 3.48. The minimum Gasteiger partial charge on any atom is -0.393 e. The Hall–Kier alpha value is -3.01. The molecule has 0 aromatic heterocycles. The smallest absolute Gasteiger partial charge is 0.299 e. The lowest BCUT2D eigenvalue weighted by Crippen LogP contribution is -2.50. The van der Waals surface area contributed by atoms with Crippen molar-refractivity contribution in [2.24, 2.45) is 40.4 Å². The van der Waals surface area contributed by atoms with Crippen LogP contribution in [0.15, 0.2) is 29.8 Å². The molecule has 8 atom stereocenters. The molecule has 0 saturated heterocycles. The van der Waals surface area contributed by atoms with E-state index in [0.29, 0.717) is 30.2 Å². The van der Waals surface area contributed by atoms with Crippen LogP contribution in [0.1, 0.15) is 85.0 Å². The predicted molar refractivity (Wildman–Crippen MR) is 161 cm³/mol. The monoisotopic (exact) mass is 582 g/mol. The molecule has 10 nitrogen and oxygen atoms in total. The van der Waals surface area contributed by atoms with Gasteiger partial charge >= 0.3 is 0 Å². The first kappa shape index (κ1) is 30.4. The van der Waals surface area contributed by atoms with Crippen LogP contribution >= 0.6 is 0 Å². The highest BCUT2D eigenvalue weighted by Crippen LogP contribution is 2.67. The number of hydrogen-bond donors (Lipinski definition) is 3. The summed E-state index contributed by atoms with van der Waals surface area (Å²) in [5, 5.41) is 38.4. The molecular formula is C32H46N4O6. The Morgan fingerprint density at radius 2 is 1.86 bits per heavy atom. The molecule has 42 heavy (non-hydrogen) atoms. The molecule has 4 aliphatic carbocycles. The van der Waals surface area contributed by atoms with Gasteiger partial charge < -0.3 is 15.7 Å². The van der Waals surface area contributed by atoms with Crippen LogP contribution in [-0.4, -0.2) is 40.1 Å². The van der Waals surface area contributed by atoms with Gasteiger partial charge in [-0.1, -0.05) is 32.4 Å². The van der Waals surface area contributed by atoms with E-state index in [1.807, 2.05) is 0 Å². The second kappa shape index (κ2) is 11.9. The molecule has 0 bridgehead atoms. The average molecular weight is 583 g/mol. The number of hydrogen-bond acceptors (Lipinski definition) is 7. The van der Waals surface area contributed by atoms with E-state index in [1.54, 1.807) is 0 Å². The molecule has 0 aliphatic heterocycles. The summed E-state index contributed by atoms with van der Waals surface area (Å²) in [4.78, 5) is 33.6. The van der Waals surface area contributed by atoms with Gasteiger partial charge in [-0.25, -0.2) is 0 Å². The predicted octanol–water partition coefficient (Wildman–Crippen LogP) is 6.39. The number of fused-ring (bicyclic) bond motifs is 5. The lowest BCUT2D eigenvalue weighted by atomic mass is 9.47. The summed E-state index contributed by atoms with van der Waals surface area (Å²) >= 11 is 0. The van der Waals surface area contributed by atoms with E-state index in [-0.39, 0.29) is 41.0 Å². The van der Waals surface area contributed by atoms with Gasteiger partial charge in [0.15, 0.2) is 0 Å². The van der Waals surface area contributed by atoms with Crippen molar-refractivity contribution in [1.29, 1.82) is 0 Å². The van der Waals surface area contributed by atoms with E-state index in [9.17, 15) is 30.1 Å². The Balaban J connectivity index is 1.10. The third-order valence-electron chi connectivity index (χ3n) is 11.8. The number of nitrogens with one attached hydrogen (secondary N) is 2. The standard InChI is InChI=1S/C32H46N4O6/c1-20(4-11-30(38)34-17-16-33-28-10-6-22(35(39)40)19-29(28)36(41)42)25-8-9-26-24-7-5-21-18-23(37)12-14-31(21,2)27(24)13-15-32(25,26)3/h5-6,10,19-20,23-27,33,37H,4,7-9,11-18H2,1-3H3,(H,34,38)/t20-,23+,24+,25?,26?,27?,31+,32-/m1/s1. The highest BCUT2D eigenvalue weighted by Gasteiger charge is 2.59. The zero-order valence-corrected chi connectivity index (χ0v) is 25.1. The van der Waals surface area contributed by atoms with Crippen molar-refractivity contribution in [3.63, 3.8) is 0 Å². The van der Waals surface area contributed by atoms with Crippen LogP contribution in [0.5, 0.6) is 0 Å². The minimum absolute atomic E-state index is 0.0254. The van der Waals surface area contributed by atoms with Crippen molar-refractivity contribution >= 4 is 23.0 Å². The Morgan fingerprint density at radius 1 is 1.07 bits per heavy atom. The molecule has 3 unspecified atom stereocenters. The van der Waals surface area contributed by atoms with Crippen molar-refractivity contribution in [3.8, 4) is 0 Å². The SMILES string of the molecule is C[C@H](CCC(=O)NCCNc1ccc([N+](=O)[O-])cc1[N+](=O)[O-])C1CCC2[C@@H]3CC=C4C[C@@H](O)CC[C@]4(C)C3CC[C@@]21C. The fourth-order valence-corrected chi connectivity index (χ4v) is 9.60. The summed E-state index contributed by atoms with van der Waals surface area (Å²) in [6.07, 6.45) is 12.7. The van der Waals surface area contributed by atoms with Gasteiger partial charge in [0.1, 0.15) is 5.69 Å². The summed E-state index contributed by atoms with van der Waals surface area (Å²) in [5.41, 5.74) is 1.57. The molecule has 0 spiro atoms. The van der Waals surface area contributed by atoms with Crippen LogP contribution < -0.4 is 10.6 Å². The lowest BCUT2D eigenvalue weighted by molar-refractivity contribution is -0.393. The number of carbonyl (C=O) groups excluding carboxylic acids is 1. The normalized spacial score (nSPS) is 34.3. The molecule has 1 aromatic carbocycles. The first-order valence-electron chi connectivity index (χ1n) is 15.7. The number of nitrogens with zero attached hydrogens (tertiary/aromatic N) is 2. The quantitative estimate of drug-likeness (QED) is 0.125. The number of non-ortho nitro benzene ring substituents is 1. The summed E-state index contributed by atoms with van der Waals surface area (Å²) in [5.74, 6) is 3.23. The maximum Gasteiger partial charge on any atom is 0.299 e. The molecule has 3 saturated carbocycles. The Labute approximate surface area is 248 Å². The van der Waals surface area contributed by atoms with Crippen molar-refractivity contribution in [2.45, 2.75) is 91.1 Å². The van der Waals surface area contributed by atoms with Crippen molar-refractivity contribution in [1.82, 2.24) is 5.32 Å². The molecule has 0 heterocycles. The first-order chi connectivity index (χ1) is 19.9. The zero-order chi connectivity index (χ0) is 30.2.